The lowest BCUT2D eigenvalue weighted by atomic mass is 10.1. The molecule has 0 saturated heterocycles. The summed E-state index contributed by atoms with van der Waals surface area (Å²) in [6.07, 6.45) is -0.532. The Morgan fingerprint density at radius 1 is 1.32 bits per heavy atom. The summed E-state index contributed by atoms with van der Waals surface area (Å²) < 4.78 is 15.7. The number of nitrogens with two attached hydrogens (primary N) is 1. The zero-order valence-corrected chi connectivity index (χ0v) is 14.3. The Labute approximate surface area is 135 Å². The average Bonchev–Trinajstić information content (AvgIpc) is 2.41. The van der Waals surface area contributed by atoms with Crippen LogP contribution in [0.1, 0.15) is 32.4 Å². The summed E-state index contributed by atoms with van der Waals surface area (Å²) in [4.78, 5) is 11.7. The van der Waals surface area contributed by atoms with Crippen molar-refractivity contribution in [3.05, 3.63) is 22.7 Å². The monoisotopic (exact) mass is 330 g/mol. The van der Waals surface area contributed by atoms with E-state index in [-0.39, 0.29) is 6.54 Å². The van der Waals surface area contributed by atoms with Crippen molar-refractivity contribution < 1.29 is 19.0 Å². The normalized spacial score (nSPS) is 12.5. The molecule has 1 unspecified atom stereocenters. The van der Waals surface area contributed by atoms with Crippen LogP contribution in [0.2, 0.25) is 5.02 Å². The number of ether oxygens (including phenoxy) is 3. The minimum atomic E-state index is -0.564. The predicted octanol–water partition coefficient (Wildman–Crippen LogP) is 2.88. The molecule has 124 valence electrons. The lowest BCUT2D eigenvalue weighted by molar-refractivity contribution is 0.0524. The Hall–Kier alpha value is -1.66. The highest BCUT2D eigenvalue weighted by Crippen LogP contribution is 2.36. The third-order valence-electron chi connectivity index (χ3n) is 2.74. The number of carbonyl (C=O) groups excluding carboxylic acids is 1. The fourth-order valence-corrected chi connectivity index (χ4v) is 2.07. The molecule has 1 aromatic rings. The summed E-state index contributed by atoms with van der Waals surface area (Å²) in [7, 11) is 3.03. The molecule has 6 nitrogen and oxygen atoms in total. The number of halogens is 1. The minimum Gasteiger partial charge on any atom is -0.493 e. The van der Waals surface area contributed by atoms with Gasteiger partial charge in [-0.25, -0.2) is 4.79 Å². The quantitative estimate of drug-likeness (QED) is 0.867. The Bertz CT molecular complexity index is 529. The van der Waals surface area contributed by atoms with E-state index >= 15 is 0 Å². The third-order valence-corrected chi connectivity index (χ3v) is 2.96. The molecule has 0 radical (unpaired) electrons. The first kappa shape index (κ1) is 18.4. The highest BCUT2D eigenvalue weighted by molar-refractivity contribution is 6.30. The molecule has 0 aliphatic heterocycles. The molecule has 0 saturated carbocycles. The fraction of sp³-hybridized carbons (Fsp3) is 0.533. The lowest BCUT2D eigenvalue weighted by Crippen LogP contribution is -2.36. The molecule has 1 amide bonds. The Morgan fingerprint density at radius 3 is 2.45 bits per heavy atom. The highest BCUT2D eigenvalue weighted by Gasteiger charge is 2.20. The molecule has 0 bridgehead atoms. The zero-order chi connectivity index (χ0) is 16.9. The van der Waals surface area contributed by atoms with Crippen molar-refractivity contribution in [3.8, 4) is 11.5 Å². The number of hydrogen-bond donors (Lipinski definition) is 2. The van der Waals surface area contributed by atoms with Crippen LogP contribution in [-0.4, -0.2) is 32.5 Å². The molecule has 3 N–H and O–H groups in total. The molecular formula is C15H23ClN2O4. The van der Waals surface area contributed by atoms with Crippen LogP contribution in [0.25, 0.3) is 0 Å². The van der Waals surface area contributed by atoms with Gasteiger partial charge in [-0.1, -0.05) is 11.6 Å². The molecule has 0 aromatic heterocycles. The third kappa shape index (κ3) is 5.27. The van der Waals surface area contributed by atoms with Crippen LogP contribution in [0.4, 0.5) is 4.79 Å². The summed E-state index contributed by atoms with van der Waals surface area (Å²) in [6.45, 7) is 5.54. The average molecular weight is 331 g/mol. The molecule has 1 aromatic carbocycles. The molecule has 1 rings (SSSR count). The van der Waals surface area contributed by atoms with Gasteiger partial charge in [0.1, 0.15) is 5.60 Å². The van der Waals surface area contributed by atoms with E-state index in [9.17, 15) is 4.79 Å². The number of rotatable bonds is 5. The van der Waals surface area contributed by atoms with E-state index in [2.05, 4.69) is 5.32 Å². The van der Waals surface area contributed by atoms with Crippen molar-refractivity contribution in [1.82, 2.24) is 5.32 Å². The second-order valence-electron chi connectivity index (χ2n) is 5.72. The summed E-state index contributed by atoms with van der Waals surface area (Å²) in [5.74, 6) is 0.975. The van der Waals surface area contributed by atoms with Crippen molar-refractivity contribution in [2.24, 2.45) is 5.73 Å². The topological polar surface area (TPSA) is 82.8 Å². The molecule has 0 fully saturated rings. The van der Waals surface area contributed by atoms with Gasteiger partial charge >= 0.3 is 6.09 Å². The molecule has 7 heteroatoms. The number of alkyl carbamates (subject to hydrolysis) is 1. The molecule has 22 heavy (non-hydrogen) atoms. The number of methoxy groups -OCH3 is 2. The number of nitrogens with one attached hydrogen (secondary N) is 1. The maximum absolute atomic E-state index is 11.7. The van der Waals surface area contributed by atoms with Crippen molar-refractivity contribution in [2.45, 2.75) is 32.4 Å². The van der Waals surface area contributed by atoms with Gasteiger partial charge in [-0.2, -0.15) is 0 Å². The van der Waals surface area contributed by atoms with E-state index in [1.54, 1.807) is 32.9 Å². The Morgan fingerprint density at radius 2 is 1.95 bits per heavy atom. The SMILES string of the molecule is COc1cc(Cl)cc(C(N)CNC(=O)OC(C)(C)C)c1OC. The lowest BCUT2D eigenvalue weighted by Gasteiger charge is -2.22. The van der Waals surface area contributed by atoms with Gasteiger partial charge in [0, 0.05) is 23.2 Å². The van der Waals surface area contributed by atoms with Gasteiger partial charge in [0.25, 0.3) is 0 Å². The van der Waals surface area contributed by atoms with Gasteiger partial charge in [-0.05, 0) is 26.8 Å². The smallest absolute Gasteiger partial charge is 0.407 e. The summed E-state index contributed by atoms with van der Waals surface area (Å²) in [5, 5.41) is 3.09. The predicted molar refractivity (Wildman–Crippen MR) is 85.7 cm³/mol. The summed E-state index contributed by atoms with van der Waals surface area (Å²) >= 11 is 6.05. The Balaban J connectivity index is 2.83. The number of benzene rings is 1. The van der Waals surface area contributed by atoms with Crippen LogP contribution in [0.5, 0.6) is 11.5 Å². The molecular weight excluding hydrogens is 308 g/mol. The molecule has 1 atom stereocenters. The van der Waals surface area contributed by atoms with Gasteiger partial charge in [0.05, 0.1) is 20.3 Å². The number of amides is 1. The van der Waals surface area contributed by atoms with Gasteiger partial charge in [-0.15, -0.1) is 0 Å². The zero-order valence-electron chi connectivity index (χ0n) is 13.5. The largest absolute Gasteiger partial charge is 0.493 e. The Kier molecular flexibility index (Phi) is 6.32. The van der Waals surface area contributed by atoms with E-state index in [1.807, 2.05) is 0 Å². The van der Waals surface area contributed by atoms with Crippen LogP contribution in [0.15, 0.2) is 12.1 Å². The first-order chi connectivity index (χ1) is 10.2. The van der Waals surface area contributed by atoms with Gasteiger partial charge < -0.3 is 25.3 Å². The number of hydrogen-bond acceptors (Lipinski definition) is 5. The van der Waals surface area contributed by atoms with Crippen LogP contribution in [0.3, 0.4) is 0 Å². The second-order valence-corrected chi connectivity index (χ2v) is 6.16. The van der Waals surface area contributed by atoms with E-state index < -0.39 is 17.7 Å². The fourth-order valence-electron chi connectivity index (χ4n) is 1.85. The number of carbonyl (C=O) groups is 1. The van der Waals surface area contributed by atoms with E-state index in [0.29, 0.717) is 22.1 Å². The van der Waals surface area contributed by atoms with Gasteiger partial charge in [0.2, 0.25) is 0 Å². The molecule has 0 aliphatic carbocycles. The van der Waals surface area contributed by atoms with Crippen molar-refractivity contribution in [3.63, 3.8) is 0 Å². The minimum absolute atomic E-state index is 0.175. The highest BCUT2D eigenvalue weighted by atomic mass is 35.5. The molecule has 0 heterocycles. The van der Waals surface area contributed by atoms with Crippen molar-refractivity contribution in [1.29, 1.82) is 0 Å². The van der Waals surface area contributed by atoms with E-state index in [4.69, 9.17) is 31.5 Å². The van der Waals surface area contributed by atoms with Crippen LogP contribution in [0, 0.1) is 0 Å². The van der Waals surface area contributed by atoms with E-state index in [1.165, 1.54) is 14.2 Å². The molecule has 0 aliphatic rings. The standard InChI is InChI=1S/C15H23ClN2O4/c1-15(2,3)22-14(19)18-8-11(17)10-6-9(16)7-12(20-4)13(10)21-5/h6-7,11H,8,17H2,1-5H3,(H,18,19). The van der Waals surface area contributed by atoms with Gasteiger partial charge in [-0.3, -0.25) is 0 Å². The molecule has 0 spiro atoms. The van der Waals surface area contributed by atoms with Crippen LogP contribution >= 0.6 is 11.6 Å². The first-order valence-corrected chi connectivity index (χ1v) is 7.19. The van der Waals surface area contributed by atoms with Crippen LogP contribution < -0.4 is 20.5 Å². The second kappa shape index (κ2) is 7.56. The maximum Gasteiger partial charge on any atom is 0.407 e. The van der Waals surface area contributed by atoms with Gasteiger partial charge in [0.15, 0.2) is 11.5 Å². The van der Waals surface area contributed by atoms with E-state index in [0.717, 1.165) is 0 Å². The van der Waals surface area contributed by atoms with Crippen molar-refractivity contribution in [2.75, 3.05) is 20.8 Å². The summed E-state index contributed by atoms with van der Waals surface area (Å²) in [6, 6.07) is 2.80. The van der Waals surface area contributed by atoms with Crippen LogP contribution in [-0.2, 0) is 4.74 Å². The van der Waals surface area contributed by atoms with Crippen molar-refractivity contribution >= 4 is 17.7 Å². The first-order valence-electron chi connectivity index (χ1n) is 6.81. The summed E-state index contributed by atoms with van der Waals surface area (Å²) in [5.41, 5.74) is 6.19. The maximum atomic E-state index is 11.7.